The Hall–Kier alpha value is -2.11. The van der Waals surface area contributed by atoms with Crippen molar-refractivity contribution in [2.75, 3.05) is 13.2 Å². The summed E-state index contributed by atoms with van der Waals surface area (Å²) in [4.78, 5) is 38.3. The molecule has 0 fully saturated rings. The molecule has 0 aromatic heterocycles. The molecule has 0 aliphatic rings. The number of hydrogen-bond donors (Lipinski definition) is 0. The fourth-order valence-electron chi connectivity index (χ4n) is 9.79. The minimum Gasteiger partial charge on any atom is -0.462 e. The largest absolute Gasteiger partial charge is 0.462 e. The van der Waals surface area contributed by atoms with Crippen molar-refractivity contribution >= 4 is 17.9 Å². The highest BCUT2D eigenvalue weighted by atomic mass is 16.6. The second-order valence-corrected chi connectivity index (χ2v) is 22.0. The van der Waals surface area contributed by atoms with E-state index in [1.54, 1.807) is 0 Å². The summed E-state index contributed by atoms with van der Waals surface area (Å²) in [6.45, 7) is 6.70. The first-order valence-corrected chi connectivity index (χ1v) is 32.3. The predicted molar refractivity (Wildman–Crippen MR) is 312 cm³/mol. The Labute approximate surface area is 449 Å². The third kappa shape index (κ3) is 58.8. The lowest BCUT2D eigenvalue weighted by Gasteiger charge is -2.18. The van der Waals surface area contributed by atoms with E-state index in [0.717, 1.165) is 57.8 Å². The summed E-state index contributed by atoms with van der Waals surface area (Å²) in [5.41, 5.74) is 0. The first-order valence-electron chi connectivity index (χ1n) is 32.3. The van der Waals surface area contributed by atoms with Crippen LogP contribution in [0, 0.1) is 0 Å². The second kappa shape index (κ2) is 61.4. The third-order valence-electron chi connectivity index (χ3n) is 14.7. The van der Waals surface area contributed by atoms with Gasteiger partial charge in [0, 0.05) is 19.3 Å². The number of unbranched alkanes of at least 4 members (excludes halogenated alkanes) is 45. The van der Waals surface area contributed by atoms with Crippen LogP contribution in [-0.4, -0.2) is 37.2 Å². The predicted octanol–water partition coefficient (Wildman–Crippen LogP) is 21.8. The van der Waals surface area contributed by atoms with Gasteiger partial charge < -0.3 is 14.2 Å². The van der Waals surface area contributed by atoms with E-state index in [-0.39, 0.29) is 31.1 Å². The first kappa shape index (κ1) is 69.9. The summed E-state index contributed by atoms with van der Waals surface area (Å²) < 4.78 is 17.0. The first-order chi connectivity index (χ1) is 35.5. The molecule has 0 aromatic carbocycles. The zero-order valence-corrected chi connectivity index (χ0v) is 48.7. The van der Waals surface area contributed by atoms with Crippen LogP contribution < -0.4 is 0 Å². The van der Waals surface area contributed by atoms with E-state index < -0.39 is 6.10 Å². The quantitative estimate of drug-likeness (QED) is 0.0261. The van der Waals surface area contributed by atoms with Crippen LogP contribution in [0.2, 0.25) is 0 Å². The van der Waals surface area contributed by atoms with E-state index in [2.05, 4.69) is 45.1 Å². The van der Waals surface area contributed by atoms with Crippen molar-refractivity contribution in [2.24, 2.45) is 0 Å². The fourth-order valence-corrected chi connectivity index (χ4v) is 9.79. The molecular formula is C66H124O6. The fraction of sp³-hybridized carbons (Fsp3) is 0.894. The number of carbonyl (C=O) groups is 3. The van der Waals surface area contributed by atoms with Crippen molar-refractivity contribution in [3.8, 4) is 0 Å². The van der Waals surface area contributed by atoms with E-state index in [9.17, 15) is 14.4 Å². The number of rotatable bonds is 60. The van der Waals surface area contributed by atoms with Gasteiger partial charge in [-0.15, -0.1) is 0 Å². The number of hydrogen-bond acceptors (Lipinski definition) is 6. The summed E-state index contributed by atoms with van der Waals surface area (Å²) in [5.74, 6) is -0.847. The van der Waals surface area contributed by atoms with Gasteiger partial charge in [0.2, 0.25) is 0 Å². The van der Waals surface area contributed by atoms with Crippen LogP contribution in [0.15, 0.2) is 24.3 Å². The third-order valence-corrected chi connectivity index (χ3v) is 14.7. The van der Waals surface area contributed by atoms with Crippen molar-refractivity contribution in [1.82, 2.24) is 0 Å². The van der Waals surface area contributed by atoms with Gasteiger partial charge in [0.15, 0.2) is 6.10 Å². The van der Waals surface area contributed by atoms with Crippen LogP contribution in [0.1, 0.15) is 361 Å². The van der Waals surface area contributed by atoms with E-state index >= 15 is 0 Å². The molecule has 6 nitrogen and oxygen atoms in total. The van der Waals surface area contributed by atoms with Crippen LogP contribution in [0.25, 0.3) is 0 Å². The molecule has 0 bridgehead atoms. The number of esters is 3. The van der Waals surface area contributed by atoms with E-state index in [0.29, 0.717) is 19.3 Å². The van der Waals surface area contributed by atoms with Gasteiger partial charge in [0.05, 0.1) is 0 Å². The molecule has 0 heterocycles. The molecule has 0 saturated heterocycles. The minimum atomic E-state index is -0.771. The van der Waals surface area contributed by atoms with Gasteiger partial charge >= 0.3 is 17.9 Å². The zero-order chi connectivity index (χ0) is 52.2. The Bertz CT molecular complexity index is 1160. The lowest BCUT2D eigenvalue weighted by molar-refractivity contribution is -0.167. The molecule has 0 saturated carbocycles. The molecule has 0 amide bonds. The number of ether oxygens (including phenoxy) is 3. The van der Waals surface area contributed by atoms with Crippen LogP contribution in [0.3, 0.4) is 0 Å². The maximum atomic E-state index is 12.9. The Morgan fingerprint density at radius 3 is 0.694 bits per heavy atom. The average Bonchev–Trinajstić information content (AvgIpc) is 3.38. The summed E-state index contributed by atoms with van der Waals surface area (Å²) in [5, 5.41) is 0. The van der Waals surface area contributed by atoms with Crippen LogP contribution in [-0.2, 0) is 28.6 Å². The zero-order valence-electron chi connectivity index (χ0n) is 48.7. The SMILES string of the molecule is CCCCCCCC/C=C\CCCCCCCCCCCC(=O)OC[C@@H](COC(=O)CCCCCCCCC/C=C\CCCCCCCC)OC(=O)CCCCCCCCCCCCCCCCCCCC. The average molecular weight is 1010 g/mol. The number of allylic oxidation sites excluding steroid dienone is 4. The maximum absolute atomic E-state index is 12.9. The molecule has 0 spiro atoms. The normalized spacial score (nSPS) is 12.1. The van der Waals surface area contributed by atoms with Crippen LogP contribution in [0.4, 0.5) is 0 Å². The molecule has 0 aliphatic heterocycles. The Morgan fingerprint density at radius 1 is 0.264 bits per heavy atom. The standard InChI is InChI=1S/C66H124O6/c1-4-7-10-13-16-19-22-25-28-31-33-36-38-41-44-47-50-53-56-59-65(68)71-62-63(61-70-64(67)58-55-52-49-46-43-40-37-34-30-27-24-21-18-15-12-9-6-3)72-66(69)60-57-54-51-48-45-42-39-35-32-29-26-23-20-17-14-11-8-5-2/h25,27-28,30,63H,4-24,26,29,31-62H2,1-3H3/b28-25-,30-27-/t63-/m1/s1. The molecule has 0 N–H and O–H groups in total. The molecular weight excluding hydrogens is 889 g/mol. The van der Waals surface area contributed by atoms with Crippen molar-refractivity contribution < 1.29 is 28.6 Å². The Kier molecular flexibility index (Phi) is 59.6. The summed E-state index contributed by atoms with van der Waals surface area (Å²) >= 11 is 0. The summed E-state index contributed by atoms with van der Waals surface area (Å²) in [6, 6.07) is 0. The van der Waals surface area contributed by atoms with Gasteiger partial charge in [-0.3, -0.25) is 14.4 Å². The van der Waals surface area contributed by atoms with Crippen molar-refractivity contribution in [3.63, 3.8) is 0 Å². The Balaban J connectivity index is 4.32. The summed E-state index contributed by atoms with van der Waals surface area (Å²) in [7, 11) is 0. The maximum Gasteiger partial charge on any atom is 0.306 e. The summed E-state index contributed by atoms with van der Waals surface area (Å²) in [6.07, 6.45) is 73.2. The van der Waals surface area contributed by atoms with Crippen LogP contribution >= 0.6 is 0 Å². The van der Waals surface area contributed by atoms with E-state index in [1.165, 1.54) is 263 Å². The highest BCUT2D eigenvalue weighted by Gasteiger charge is 2.19. The lowest BCUT2D eigenvalue weighted by Crippen LogP contribution is -2.30. The highest BCUT2D eigenvalue weighted by Crippen LogP contribution is 2.18. The smallest absolute Gasteiger partial charge is 0.306 e. The number of carbonyl (C=O) groups excluding carboxylic acids is 3. The van der Waals surface area contributed by atoms with Crippen molar-refractivity contribution in [3.05, 3.63) is 24.3 Å². The molecule has 424 valence electrons. The molecule has 0 unspecified atom stereocenters. The van der Waals surface area contributed by atoms with Crippen molar-refractivity contribution in [2.45, 2.75) is 367 Å². The molecule has 0 aromatic rings. The lowest BCUT2D eigenvalue weighted by atomic mass is 10.0. The highest BCUT2D eigenvalue weighted by molar-refractivity contribution is 5.71. The monoisotopic (exact) mass is 1010 g/mol. The van der Waals surface area contributed by atoms with Crippen molar-refractivity contribution in [1.29, 1.82) is 0 Å². The van der Waals surface area contributed by atoms with E-state index in [1.807, 2.05) is 0 Å². The molecule has 6 heteroatoms. The van der Waals surface area contributed by atoms with Gasteiger partial charge in [-0.05, 0) is 70.6 Å². The molecule has 0 radical (unpaired) electrons. The van der Waals surface area contributed by atoms with Gasteiger partial charge in [0.25, 0.3) is 0 Å². The van der Waals surface area contributed by atoms with Gasteiger partial charge in [0.1, 0.15) is 13.2 Å². The molecule has 1 atom stereocenters. The van der Waals surface area contributed by atoms with E-state index in [4.69, 9.17) is 14.2 Å². The van der Waals surface area contributed by atoms with Gasteiger partial charge in [-0.2, -0.15) is 0 Å². The topological polar surface area (TPSA) is 78.9 Å². The minimum absolute atomic E-state index is 0.0686. The second-order valence-electron chi connectivity index (χ2n) is 22.0. The van der Waals surface area contributed by atoms with Gasteiger partial charge in [-0.25, -0.2) is 0 Å². The van der Waals surface area contributed by atoms with Gasteiger partial charge in [-0.1, -0.05) is 295 Å². The molecule has 0 rings (SSSR count). The molecule has 72 heavy (non-hydrogen) atoms. The molecule has 0 aliphatic carbocycles. The Morgan fingerprint density at radius 2 is 0.458 bits per heavy atom. The van der Waals surface area contributed by atoms with Crippen LogP contribution in [0.5, 0.6) is 0 Å².